The number of rotatable bonds is 2. The number of nitrogens with zero attached hydrogens (tertiary/aromatic N) is 2. The van der Waals surface area contributed by atoms with Crippen LogP contribution in [0.4, 0.5) is 5.69 Å². The van der Waals surface area contributed by atoms with Crippen molar-refractivity contribution in [3.05, 3.63) is 65.7 Å². The van der Waals surface area contributed by atoms with Crippen LogP contribution in [0.15, 0.2) is 54.6 Å². The van der Waals surface area contributed by atoms with E-state index in [0.29, 0.717) is 12.0 Å². The molecule has 2 heteroatoms. The lowest BCUT2D eigenvalue weighted by Gasteiger charge is -2.35. The van der Waals surface area contributed by atoms with Gasteiger partial charge in [-0.2, -0.15) is 0 Å². The van der Waals surface area contributed by atoms with Gasteiger partial charge >= 0.3 is 0 Å². The van der Waals surface area contributed by atoms with Gasteiger partial charge < -0.3 is 0 Å². The molecule has 0 aromatic heterocycles. The first-order valence-electron chi connectivity index (χ1n) is 9.43. The van der Waals surface area contributed by atoms with Crippen LogP contribution in [0.3, 0.4) is 0 Å². The second-order valence-electron chi connectivity index (χ2n) is 7.85. The van der Waals surface area contributed by atoms with E-state index in [1.165, 1.54) is 42.5 Å². The topological polar surface area (TPSA) is 9.14 Å². The van der Waals surface area contributed by atoms with Crippen molar-refractivity contribution < 1.29 is 0 Å². The van der Waals surface area contributed by atoms with Crippen molar-refractivity contribution in [2.75, 3.05) is 13.6 Å². The third-order valence-corrected chi connectivity index (χ3v) is 6.72. The number of piperidine rings is 1. The fourth-order valence-electron chi connectivity index (χ4n) is 5.39. The smallest absolute Gasteiger partial charge is 0.185 e. The van der Waals surface area contributed by atoms with Gasteiger partial charge in [0.05, 0.1) is 5.92 Å². The summed E-state index contributed by atoms with van der Waals surface area (Å²) in [6.45, 7) is 1.15. The van der Waals surface area contributed by atoms with Crippen molar-refractivity contribution in [2.24, 2.45) is 0 Å². The van der Waals surface area contributed by atoms with E-state index < -0.39 is 0 Å². The van der Waals surface area contributed by atoms with Gasteiger partial charge in [0, 0.05) is 36.6 Å². The second kappa shape index (κ2) is 5.72. The van der Waals surface area contributed by atoms with Crippen molar-refractivity contribution in [3.8, 4) is 0 Å². The van der Waals surface area contributed by atoms with Crippen LogP contribution in [-0.2, 0) is 0 Å². The Hall–Kier alpha value is -1.64. The molecule has 24 heavy (non-hydrogen) atoms. The van der Waals surface area contributed by atoms with E-state index in [2.05, 4.69) is 71.4 Å². The lowest BCUT2D eigenvalue weighted by atomic mass is 9.93. The summed E-state index contributed by atoms with van der Waals surface area (Å²) in [4.78, 5) is 5.39. The molecule has 2 fully saturated rings. The summed E-state index contributed by atoms with van der Waals surface area (Å²) < 4.78 is 0. The van der Waals surface area contributed by atoms with E-state index in [-0.39, 0.29) is 0 Å². The van der Waals surface area contributed by atoms with Gasteiger partial charge in [-0.3, -0.25) is 4.90 Å². The van der Waals surface area contributed by atoms with Crippen LogP contribution in [0, 0.1) is 0 Å². The fraction of sp³-hybridized carbons (Fsp3) is 0.455. The van der Waals surface area contributed by atoms with Crippen LogP contribution >= 0.6 is 0 Å². The Kier molecular flexibility index (Phi) is 3.50. The first kappa shape index (κ1) is 14.7. The van der Waals surface area contributed by atoms with Gasteiger partial charge in [-0.05, 0) is 25.5 Å². The molecule has 2 bridgehead atoms. The molecular weight excluding hydrogens is 292 g/mol. The predicted octanol–water partition coefficient (Wildman–Crippen LogP) is 4.23. The molecule has 2 nitrogen and oxygen atoms in total. The molecule has 0 saturated carbocycles. The van der Waals surface area contributed by atoms with Gasteiger partial charge in [0.1, 0.15) is 12.6 Å². The minimum absolute atomic E-state index is 0.528. The molecule has 1 radical (unpaired) electrons. The van der Waals surface area contributed by atoms with Crippen molar-refractivity contribution >= 4 is 5.69 Å². The molecule has 0 N–H and O–H groups in total. The molecule has 2 aromatic carbocycles. The molecule has 3 unspecified atom stereocenters. The molecule has 0 amide bonds. The van der Waals surface area contributed by atoms with Gasteiger partial charge in [0.15, 0.2) is 5.69 Å². The minimum atomic E-state index is 0.528. The van der Waals surface area contributed by atoms with Gasteiger partial charge in [-0.1, -0.05) is 48.5 Å². The number of para-hydroxylation sites is 1. The Morgan fingerprint density at radius 2 is 1.54 bits per heavy atom. The molecule has 0 spiro atoms. The first-order valence-corrected chi connectivity index (χ1v) is 9.43. The van der Waals surface area contributed by atoms with Crippen LogP contribution in [0.5, 0.6) is 0 Å². The van der Waals surface area contributed by atoms with E-state index >= 15 is 0 Å². The van der Waals surface area contributed by atoms with Gasteiger partial charge in [0.2, 0.25) is 0 Å². The Labute approximate surface area is 145 Å². The zero-order valence-electron chi connectivity index (χ0n) is 14.4. The molecule has 3 heterocycles. The molecule has 123 valence electrons. The second-order valence-corrected chi connectivity index (χ2v) is 7.85. The monoisotopic (exact) mass is 318 g/mol. The zero-order chi connectivity index (χ0) is 16.1. The average molecular weight is 318 g/mol. The van der Waals surface area contributed by atoms with Crippen LogP contribution < -0.4 is 4.90 Å². The summed E-state index contributed by atoms with van der Waals surface area (Å²) >= 11 is 0. The summed E-state index contributed by atoms with van der Waals surface area (Å²) in [5.74, 6) is 0.528. The zero-order valence-corrected chi connectivity index (χ0v) is 14.4. The highest BCUT2D eigenvalue weighted by molar-refractivity contribution is 5.57. The average Bonchev–Trinajstić information content (AvgIpc) is 3.08. The largest absolute Gasteiger partial charge is 0.300 e. The Bertz CT molecular complexity index is 712. The molecule has 2 aromatic rings. The quantitative estimate of drug-likeness (QED) is 0.753. The van der Waals surface area contributed by atoms with Gasteiger partial charge in [-0.25, -0.2) is 0 Å². The molecule has 5 rings (SSSR count). The minimum Gasteiger partial charge on any atom is -0.300 e. The third kappa shape index (κ3) is 2.24. The summed E-state index contributed by atoms with van der Waals surface area (Å²) in [6, 6.07) is 22.5. The highest BCUT2D eigenvalue weighted by atomic mass is 15.3. The predicted molar refractivity (Wildman–Crippen MR) is 99.0 cm³/mol. The van der Waals surface area contributed by atoms with E-state index in [9.17, 15) is 0 Å². The van der Waals surface area contributed by atoms with E-state index in [1.54, 1.807) is 0 Å². The molecular formula is C22H26N2+. The van der Waals surface area contributed by atoms with E-state index in [4.69, 9.17) is 0 Å². The third-order valence-electron chi connectivity index (χ3n) is 6.72. The van der Waals surface area contributed by atoms with Crippen LogP contribution in [0.2, 0.25) is 0 Å². The Morgan fingerprint density at radius 1 is 0.875 bits per heavy atom. The summed E-state index contributed by atoms with van der Waals surface area (Å²) in [7, 11) is 2.34. The SMILES string of the molecule is CN1C2CCC1CC([N+]1CC(c3ccccc3)c3ccccc31)C2. The highest BCUT2D eigenvalue weighted by Gasteiger charge is 2.49. The molecule has 3 aliphatic heterocycles. The van der Waals surface area contributed by atoms with Crippen molar-refractivity contribution in [1.29, 1.82) is 0 Å². The summed E-state index contributed by atoms with van der Waals surface area (Å²) in [5, 5.41) is 0. The number of fused-ring (bicyclic) bond motifs is 3. The highest BCUT2D eigenvalue weighted by Crippen LogP contribution is 2.44. The lowest BCUT2D eigenvalue weighted by Crippen LogP contribution is -2.49. The van der Waals surface area contributed by atoms with Gasteiger partial charge in [-0.15, -0.1) is 4.90 Å². The maximum atomic E-state index is 2.74. The summed E-state index contributed by atoms with van der Waals surface area (Å²) in [5.41, 5.74) is 4.47. The molecule has 3 aliphatic rings. The standard InChI is InChI=1S/C22H26N2/c1-23-17-11-12-18(23)14-19(13-17)24-15-21(16-7-3-2-4-8-16)20-9-5-6-10-22(20)24/h2-10,17-19,21H,11-15H2,1H3/q+1. The number of anilines is 1. The normalized spacial score (nSPS) is 32.9. The Balaban J connectivity index is 1.48. The first-order chi connectivity index (χ1) is 11.8. The summed E-state index contributed by atoms with van der Waals surface area (Å²) in [6.07, 6.45) is 5.47. The number of benzene rings is 2. The van der Waals surface area contributed by atoms with Crippen molar-refractivity contribution in [3.63, 3.8) is 0 Å². The number of hydrogen-bond donors (Lipinski definition) is 0. The van der Waals surface area contributed by atoms with Crippen LogP contribution in [0.1, 0.15) is 42.7 Å². The number of hydrogen-bond acceptors (Lipinski definition) is 2. The van der Waals surface area contributed by atoms with Gasteiger partial charge in [0.25, 0.3) is 0 Å². The van der Waals surface area contributed by atoms with E-state index in [0.717, 1.165) is 18.6 Å². The van der Waals surface area contributed by atoms with Crippen LogP contribution in [-0.4, -0.2) is 36.6 Å². The maximum absolute atomic E-state index is 2.74. The van der Waals surface area contributed by atoms with E-state index in [1.807, 2.05) is 0 Å². The Morgan fingerprint density at radius 3 is 2.29 bits per heavy atom. The van der Waals surface area contributed by atoms with Crippen LogP contribution in [0.25, 0.3) is 0 Å². The van der Waals surface area contributed by atoms with Crippen molar-refractivity contribution in [2.45, 2.75) is 49.7 Å². The van der Waals surface area contributed by atoms with Crippen molar-refractivity contribution in [1.82, 2.24) is 9.80 Å². The molecule has 0 aliphatic carbocycles. The molecule has 3 atom stereocenters. The fourth-order valence-corrected chi connectivity index (χ4v) is 5.39. The molecule has 2 saturated heterocycles. The lowest BCUT2D eigenvalue weighted by molar-refractivity contribution is 0.134. The maximum Gasteiger partial charge on any atom is 0.185 e.